The summed E-state index contributed by atoms with van der Waals surface area (Å²) in [5, 5.41) is 0. The fourth-order valence-corrected chi connectivity index (χ4v) is 3.51. The first-order valence-corrected chi connectivity index (χ1v) is 9.05. The molecule has 0 fully saturated rings. The smallest absolute Gasteiger partial charge is 0.223 e. The Bertz CT molecular complexity index is 800. The van der Waals surface area contributed by atoms with Crippen LogP contribution >= 0.6 is 0 Å². The second kappa shape index (κ2) is 7.28. The van der Waals surface area contributed by atoms with Crippen molar-refractivity contribution in [3.63, 3.8) is 0 Å². The van der Waals surface area contributed by atoms with E-state index in [2.05, 4.69) is 6.07 Å². The number of hydrogen-bond donors (Lipinski definition) is 0. The van der Waals surface area contributed by atoms with E-state index < -0.39 is 0 Å². The van der Waals surface area contributed by atoms with Crippen LogP contribution in [0.5, 0.6) is 17.2 Å². The summed E-state index contributed by atoms with van der Waals surface area (Å²) in [6, 6.07) is 12.0. The zero-order valence-electron chi connectivity index (χ0n) is 15.0. The van der Waals surface area contributed by atoms with Crippen LogP contribution in [0.25, 0.3) is 0 Å². The number of carbonyl (C=O) groups is 1. The van der Waals surface area contributed by atoms with Gasteiger partial charge in [-0.25, -0.2) is 0 Å². The van der Waals surface area contributed by atoms with E-state index in [0.717, 1.165) is 42.2 Å². The first kappa shape index (κ1) is 16.8. The molecule has 4 rings (SSSR count). The van der Waals surface area contributed by atoms with E-state index >= 15 is 0 Å². The summed E-state index contributed by atoms with van der Waals surface area (Å²) >= 11 is 0. The van der Waals surface area contributed by atoms with E-state index in [0.29, 0.717) is 26.2 Å². The minimum Gasteiger partial charge on any atom is -0.497 e. The maximum atomic E-state index is 12.6. The Hall–Kier alpha value is -2.69. The Morgan fingerprint density at radius 1 is 1.08 bits per heavy atom. The molecule has 0 spiro atoms. The molecule has 0 saturated carbocycles. The predicted octanol–water partition coefficient (Wildman–Crippen LogP) is 2.98. The maximum absolute atomic E-state index is 12.6. The van der Waals surface area contributed by atoms with Gasteiger partial charge in [-0.3, -0.25) is 4.79 Å². The Morgan fingerprint density at radius 2 is 1.77 bits per heavy atom. The molecule has 0 saturated heterocycles. The average Bonchev–Trinajstić information content (AvgIpc) is 2.70. The average molecular weight is 353 g/mol. The molecule has 0 bridgehead atoms. The minimum absolute atomic E-state index is 0.196. The molecule has 2 aromatic carbocycles. The Labute approximate surface area is 153 Å². The number of hydrogen-bond acceptors (Lipinski definition) is 4. The highest BCUT2D eigenvalue weighted by atomic mass is 16.6. The van der Waals surface area contributed by atoms with Crippen LogP contribution in [-0.2, 0) is 24.2 Å². The van der Waals surface area contributed by atoms with Crippen LogP contribution in [0.3, 0.4) is 0 Å². The summed E-state index contributed by atoms with van der Waals surface area (Å²) in [5.41, 5.74) is 3.57. The number of ether oxygens (including phenoxy) is 3. The number of amides is 1. The monoisotopic (exact) mass is 353 g/mol. The topological polar surface area (TPSA) is 48.0 Å². The van der Waals surface area contributed by atoms with Crippen molar-refractivity contribution in [2.24, 2.45) is 0 Å². The maximum Gasteiger partial charge on any atom is 0.223 e. The second-order valence-electron chi connectivity index (χ2n) is 6.68. The van der Waals surface area contributed by atoms with E-state index in [-0.39, 0.29) is 5.91 Å². The van der Waals surface area contributed by atoms with Crippen LogP contribution in [0.4, 0.5) is 0 Å². The van der Waals surface area contributed by atoms with Gasteiger partial charge in [0, 0.05) is 19.5 Å². The number of aryl methyl sites for hydroxylation is 1. The van der Waals surface area contributed by atoms with E-state index in [1.165, 1.54) is 11.1 Å². The summed E-state index contributed by atoms with van der Waals surface area (Å²) in [4.78, 5) is 14.6. The molecule has 0 unspecified atom stereocenters. The molecular formula is C21H23NO4. The lowest BCUT2D eigenvalue weighted by molar-refractivity contribution is -0.132. The van der Waals surface area contributed by atoms with Crippen molar-refractivity contribution in [2.75, 3.05) is 26.9 Å². The highest BCUT2D eigenvalue weighted by Crippen LogP contribution is 2.35. The molecule has 0 N–H and O–H groups in total. The predicted molar refractivity (Wildman–Crippen MR) is 97.9 cm³/mol. The van der Waals surface area contributed by atoms with Crippen LogP contribution in [-0.4, -0.2) is 37.7 Å². The summed E-state index contributed by atoms with van der Waals surface area (Å²) < 4.78 is 16.5. The summed E-state index contributed by atoms with van der Waals surface area (Å²) in [6.07, 6.45) is 2.12. The summed E-state index contributed by atoms with van der Waals surface area (Å²) in [5.74, 6) is 2.65. The van der Waals surface area contributed by atoms with Gasteiger partial charge in [-0.1, -0.05) is 12.1 Å². The highest BCUT2D eigenvalue weighted by molar-refractivity contribution is 5.77. The molecule has 1 amide bonds. The van der Waals surface area contributed by atoms with Gasteiger partial charge in [-0.2, -0.15) is 0 Å². The first-order chi connectivity index (χ1) is 12.7. The molecule has 0 aliphatic carbocycles. The standard InChI is InChI=1S/C21H23NO4/c1-24-18-5-2-15(3-6-18)4-7-21(23)22-9-8-16-12-19-20(13-17(16)14-22)26-11-10-25-19/h2-3,5-6,12-13H,4,7-11,14H2,1H3. The van der Waals surface area contributed by atoms with Crippen LogP contribution in [0.15, 0.2) is 36.4 Å². The van der Waals surface area contributed by atoms with Crippen LogP contribution in [0.1, 0.15) is 23.1 Å². The minimum atomic E-state index is 0.196. The normalized spacial score (nSPS) is 15.3. The molecule has 2 aromatic rings. The second-order valence-corrected chi connectivity index (χ2v) is 6.68. The van der Waals surface area contributed by atoms with Crippen LogP contribution in [0, 0.1) is 0 Å². The number of benzene rings is 2. The number of nitrogens with zero attached hydrogens (tertiary/aromatic N) is 1. The zero-order valence-corrected chi connectivity index (χ0v) is 15.0. The molecule has 0 aromatic heterocycles. The third-order valence-electron chi connectivity index (χ3n) is 5.02. The lowest BCUT2D eigenvalue weighted by Crippen LogP contribution is -2.36. The molecule has 136 valence electrons. The third-order valence-corrected chi connectivity index (χ3v) is 5.02. The van der Waals surface area contributed by atoms with Gasteiger partial charge in [0.25, 0.3) is 0 Å². The molecule has 0 radical (unpaired) electrons. The fourth-order valence-electron chi connectivity index (χ4n) is 3.51. The molecular weight excluding hydrogens is 330 g/mol. The summed E-state index contributed by atoms with van der Waals surface area (Å²) in [7, 11) is 1.65. The van der Waals surface area contributed by atoms with Crippen molar-refractivity contribution in [3.05, 3.63) is 53.1 Å². The molecule has 2 heterocycles. The van der Waals surface area contributed by atoms with Crippen LogP contribution < -0.4 is 14.2 Å². The fraction of sp³-hybridized carbons (Fsp3) is 0.381. The number of rotatable bonds is 4. The largest absolute Gasteiger partial charge is 0.497 e. The molecule has 0 atom stereocenters. The van der Waals surface area contributed by atoms with Gasteiger partial charge >= 0.3 is 0 Å². The molecule has 2 aliphatic heterocycles. The van der Waals surface area contributed by atoms with Crippen molar-refractivity contribution < 1.29 is 19.0 Å². The van der Waals surface area contributed by atoms with Crippen molar-refractivity contribution in [3.8, 4) is 17.2 Å². The molecule has 2 aliphatic rings. The molecule has 26 heavy (non-hydrogen) atoms. The lowest BCUT2D eigenvalue weighted by atomic mass is 9.98. The van der Waals surface area contributed by atoms with Crippen molar-refractivity contribution in [2.45, 2.75) is 25.8 Å². The van der Waals surface area contributed by atoms with Gasteiger partial charge in [0.2, 0.25) is 5.91 Å². The first-order valence-electron chi connectivity index (χ1n) is 9.05. The summed E-state index contributed by atoms with van der Waals surface area (Å²) in [6.45, 7) is 2.58. The van der Waals surface area contributed by atoms with E-state index in [1.807, 2.05) is 35.2 Å². The van der Waals surface area contributed by atoms with Crippen molar-refractivity contribution in [1.82, 2.24) is 4.90 Å². The Morgan fingerprint density at radius 3 is 2.46 bits per heavy atom. The van der Waals surface area contributed by atoms with Crippen molar-refractivity contribution in [1.29, 1.82) is 0 Å². The highest BCUT2D eigenvalue weighted by Gasteiger charge is 2.23. The van der Waals surface area contributed by atoms with Crippen molar-refractivity contribution >= 4 is 5.91 Å². The van der Waals surface area contributed by atoms with E-state index in [9.17, 15) is 4.79 Å². The van der Waals surface area contributed by atoms with Gasteiger partial charge in [-0.05, 0) is 53.8 Å². The SMILES string of the molecule is COc1ccc(CCC(=O)N2CCc3cc4c(cc3C2)OCCO4)cc1. The van der Waals surface area contributed by atoms with Gasteiger partial charge in [-0.15, -0.1) is 0 Å². The molecule has 5 nitrogen and oxygen atoms in total. The van der Waals surface area contributed by atoms with Gasteiger partial charge in [0.15, 0.2) is 11.5 Å². The Balaban J connectivity index is 1.39. The van der Waals surface area contributed by atoms with E-state index in [1.54, 1.807) is 7.11 Å². The van der Waals surface area contributed by atoms with Gasteiger partial charge in [0.05, 0.1) is 7.11 Å². The lowest BCUT2D eigenvalue weighted by Gasteiger charge is -2.30. The van der Waals surface area contributed by atoms with Gasteiger partial charge < -0.3 is 19.1 Å². The Kier molecular flexibility index (Phi) is 4.69. The third kappa shape index (κ3) is 3.47. The van der Waals surface area contributed by atoms with E-state index in [4.69, 9.17) is 14.2 Å². The van der Waals surface area contributed by atoms with Gasteiger partial charge in [0.1, 0.15) is 19.0 Å². The number of carbonyl (C=O) groups excluding carboxylic acids is 1. The molecule has 5 heteroatoms. The quantitative estimate of drug-likeness (QED) is 0.848. The number of methoxy groups -OCH3 is 1. The number of fused-ring (bicyclic) bond motifs is 2. The van der Waals surface area contributed by atoms with Crippen LogP contribution in [0.2, 0.25) is 0 Å². The zero-order chi connectivity index (χ0) is 17.9.